The highest BCUT2D eigenvalue weighted by Gasteiger charge is 2.18. The number of hydrogen-bond acceptors (Lipinski definition) is 2. The summed E-state index contributed by atoms with van der Waals surface area (Å²) in [7, 11) is 1.60. The molecule has 1 aromatic rings. The van der Waals surface area contributed by atoms with Crippen molar-refractivity contribution in [3.05, 3.63) is 28.3 Å². The Morgan fingerprint density at radius 1 is 1.42 bits per heavy atom. The van der Waals surface area contributed by atoms with Gasteiger partial charge < -0.3 is 5.73 Å². The van der Waals surface area contributed by atoms with Crippen molar-refractivity contribution >= 4 is 29.3 Å². The molecule has 0 aliphatic heterocycles. The standard InChI is InChI=1S/C13H19ClN4O/c1-4-8-6-9(5-2)11(10(14)7-8)18(3)13(19)17-12(15)16/h6-7H,4-5H2,1-3H3,(H4,15,16,17,19). The van der Waals surface area contributed by atoms with Crippen molar-refractivity contribution < 1.29 is 4.79 Å². The number of benzene rings is 1. The molecule has 0 aromatic heterocycles. The van der Waals surface area contributed by atoms with Crippen molar-refractivity contribution in [2.75, 3.05) is 11.9 Å². The Bertz CT molecular complexity index is 502. The largest absolute Gasteiger partial charge is 0.370 e. The summed E-state index contributed by atoms with van der Waals surface area (Å²) in [6.07, 6.45) is 1.65. The fraction of sp³-hybridized carbons (Fsp3) is 0.385. The van der Waals surface area contributed by atoms with Crippen LogP contribution in [0.1, 0.15) is 25.0 Å². The van der Waals surface area contributed by atoms with Gasteiger partial charge in [-0.15, -0.1) is 0 Å². The van der Waals surface area contributed by atoms with E-state index in [1.165, 1.54) is 4.90 Å². The first kappa shape index (κ1) is 15.3. The second kappa shape index (κ2) is 6.43. The van der Waals surface area contributed by atoms with Gasteiger partial charge in [-0.2, -0.15) is 0 Å². The van der Waals surface area contributed by atoms with Gasteiger partial charge in [0.2, 0.25) is 0 Å². The highest BCUT2D eigenvalue weighted by atomic mass is 35.5. The van der Waals surface area contributed by atoms with Gasteiger partial charge in [0.1, 0.15) is 0 Å². The minimum atomic E-state index is -0.478. The quantitative estimate of drug-likeness (QED) is 0.588. The number of nitrogens with one attached hydrogen (secondary N) is 2. The van der Waals surface area contributed by atoms with E-state index in [9.17, 15) is 4.79 Å². The van der Waals surface area contributed by atoms with Gasteiger partial charge >= 0.3 is 6.03 Å². The summed E-state index contributed by atoms with van der Waals surface area (Å²) in [5, 5.41) is 9.85. The number of hydrogen-bond donors (Lipinski definition) is 3. The maximum atomic E-state index is 11.9. The lowest BCUT2D eigenvalue weighted by Gasteiger charge is -2.22. The third-order valence-electron chi connectivity index (χ3n) is 2.87. The topological polar surface area (TPSA) is 82.2 Å². The molecule has 0 saturated carbocycles. The van der Waals surface area contributed by atoms with Crippen molar-refractivity contribution in [2.24, 2.45) is 5.73 Å². The molecule has 0 aliphatic carbocycles. The molecule has 19 heavy (non-hydrogen) atoms. The number of rotatable bonds is 3. The van der Waals surface area contributed by atoms with Crippen molar-refractivity contribution in [2.45, 2.75) is 26.7 Å². The Morgan fingerprint density at radius 3 is 2.53 bits per heavy atom. The van der Waals surface area contributed by atoms with E-state index in [4.69, 9.17) is 22.7 Å². The molecule has 0 atom stereocenters. The SMILES string of the molecule is CCc1cc(Cl)c(N(C)C(=O)NC(=N)N)c(CC)c1. The van der Waals surface area contributed by atoms with Crippen LogP contribution in [-0.4, -0.2) is 19.0 Å². The average molecular weight is 283 g/mol. The van der Waals surface area contributed by atoms with E-state index in [-0.39, 0.29) is 0 Å². The van der Waals surface area contributed by atoms with Gasteiger partial charge in [0.15, 0.2) is 5.96 Å². The van der Waals surface area contributed by atoms with E-state index in [0.717, 1.165) is 24.0 Å². The molecule has 0 fully saturated rings. The molecule has 0 aliphatic rings. The molecule has 1 aromatic carbocycles. The maximum Gasteiger partial charge on any atom is 0.328 e. The number of halogens is 1. The van der Waals surface area contributed by atoms with Crippen LogP contribution >= 0.6 is 11.6 Å². The summed E-state index contributed by atoms with van der Waals surface area (Å²) in [6.45, 7) is 4.06. The zero-order chi connectivity index (χ0) is 14.6. The molecular weight excluding hydrogens is 264 g/mol. The predicted octanol–water partition coefficient (Wildman–Crippen LogP) is 2.50. The third-order valence-corrected chi connectivity index (χ3v) is 3.16. The van der Waals surface area contributed by atoms with E-state index >= 15 is 0 Å². The number of guanidine groups is 1. The van der Waals surface area contributed by atoms with Gasteiger partial charge in [-0.05, 0) is 30.0 Å². The summed E-state index contributed by atoms with van der Waals surface area (Å²) >= 11 is 6.26. The molecular formula is C13H19ClN4O. The minimum Gasteiger partial charge on any atom is -0.370 e. The zero-order valence-corrected chi connectivity index (χ0v) is 12.1. The molecule has 0 bridgehead atoms. The average Bonchev–Trinajstić information content (AvgIpc) is 2.35. The lowest BCUT2D eigenvalue weighted by atomic mass is 10.0. The maximum absolute atomic E-state index is 11.9. The summed E-state index contributed by atoms with van der Waals surface area (Å²) in [5.74, 6) is -0.392. The van der Waals surface area contributed by atoms with Gasteiger partial charge in [-0.3, -0.25) is 15.6 Å². The number of nitrogens with two attached hydrogens (primary N) is 1. The molecule has 0 spiro atoms. The van der Waals surface area contributed by atoms with Crippen LogP contribution in [0.4, 0.5) is 10.5 Å². The van der Waals surface area contributed by atoms with Gasteiger partial charge in [-0.25, -0.2) is 4.79 Å². The van der Waals surface area contributed by atoms with Crippen LogP contribution in [0.5, 0.6) is 0 Å². The Kier molecular flexibility index (Phi) is 5.18. The molecule has 4 N–H and O–H groups in total. The Hall–Kier alpha value is -1.75. The third kappa shape index (κ3) is 3.61. The molecule has 0 heterocycles. The number of urea groups is 1. The van der Waals surface area contributed by atoms with E-state index in [1.54, 1.807) is 7.05 Å². The molecule has 6 heteroatoms. The van der Waals surface area contributed by atoms with Crippen LogP contribution in [0.2, 0.25) is 5.02 Å². The van der Waals surface area contributed by atoms with Crippen molar-refractivity contribution in [1.82, 2.24) is 5.32 Å². The second-order valence-corrected chi connectivity index (χ2v) is 4.60. The van der Waals surface area contributed by atoms with Crippen LogP contribution in [0.3, 0.4) is 0 Å². The fourth-order valence-electron chi connectivity index (χ4n) is 1.87. The smallest absolute Gasteiger partial charge is 0.328 e. The molecule has 5 nitrogen and oxygen atoms in total. The first-order valence-electron chi connectivity index (χ1n) is 6.10. The van der Waals surface area contributed by atoms with Crippen LogP contribution in [0, 0.1) is 5.41 Å². The van der Waals surface area contributed by atoms with Crippen LogP contribution in [-0.2, 0) is 12.8 Å². The lowest BCUT2D eigenvalue weighted by Crippen LogP contribution is -2.44. The van der Waals surface area contributed by atoms with Gasteiger partial charge in [0.25, 0.3) is 0 Å². The van der Waals surface area contributed by atoms with Crippen molar-refractivity contribution in [3.63, 3.8) is 0 Å². The Balaban J connectivity index is 3.18. The number of amides is 2. The normalized spacial score (nSPS) is 10.1. The number of aryl methyl sites for hydroxylation is 2. The molecule has 0 unspecified atom stereocenters. The Morgan fingerprint density at radius 2 is 2.05 bits per heavy atom. The Labute approximate surface area is 118 Å². The molecule has 104 valence electrons. The lowest BCUT2D eigenvalue weighted by molar-refractivity contribution is 0.251. The van der Waals surface area contributed by atoms with Crippen LogP contribution < -0.4 is 16.0 Å². The van der Waals surface area contributed by atoms with Crippen LogP contribution in [0.25, 0.3) is 0 Å². The van der Waals surface area contributed by atoms with Crippen molar-refractivity contribution in [1.29, 1.82) is 5.41 Å². The molecule has 1 rings (SSSR count). The van der Waals surface area contributed by atoms with Crippen LogP contribution in [0.15, 0.2) is 12.1 Å². The second-order valence-electron chi connectivity index (χ2n) is 4.20. The number of nitrogens with zero attached hydrogens (tertiary/aromatic N) is 1. The van der Waals surface area contributed by atoms with Crippen molar-refractivity contribution in [3.8, 4) is 0 Å². The minimum absolute atomic E-state index is 0.392. The highest BCUT2D eigenvalue weighted by molar-refractivity contribution is 6.34. The summed E-state index contributed by atoms with van der Waals surface area (Å²) in [5.41, 5.74) is 7.93. The monoisotopic (exact) mass is 282 g/mol. The van der Waals surface area contributed by atoms with E-state index in [1.807, 2.05) is 19.1 Å². The molecule has 0 radical (unpaired) electrons. The molecule has 0 saturated heterocycles. The zero-order valence-electron chi connectivity index (χ0n) is 11.4. The summed E-state index contributed by atoms with van der Waals surface area (Å²) in [4.78, 5) is 13.2. The first-order chi connectivity index (χ1) is 8.90. The van der Waals surface area contributed by atoms with Gasteiger partial charge in [0.05, 0.1) is 10.7 Å². The van der Waals surface area contributed by atoms with E-state index < -0.39 is 12.0 Å². The predicted molar refractivity (Wildman–Crippen MR) is 79.1 cm³/mol. The molecule has 2 amide bonds. The number of carbonyl (C=O) groups is 1. The highest BCUT2D eigenvalue weighted by Crippen LogP contribution is 2.31. The van der Waals surface area contributed by atoms with Gasteiger partial charge in [-0.1, -0.05) is 31.5 Å². The number of anilines is 1. The number of carbonyl (C=O) groups excluding carboxylic acids is 1. The van der Waals surface area contributed by atoms with Gasteiger partial charge in [0, 0.05) is 7.05 Å². The van der Waals surface area contributed by atoms with E-state index in [0.29, 0.717) is 10.7 Å². The fourth-order valence-corrected chi connectivity index (χ4v) is 2.26. The summed E-state index contributed by atoms with van der Waals surface area (Å²) in [6, 6.07) is 3.42. The summed E-state index contributed by atoms with van der Waals surface area (Å²) < 4.78 is 0. The first-order valence-corrected chi connectivity index (χ1v) is 6.48. The van der Waals surface area contributed by atoms with E-state index in [2.05, 4.69) is 12.2 Å².